The van der Waals surface area contributed by atoms with E-state index in [1.165, 1.54) is 11.8 Å². The quantitative estimate of drug-likeness (QED) is 0.814. The molecule has 2 heterocycles. The zero-order valence-corrected chi connectivity index (χ0v) is 15.4. The molecule has 2 aliphatic rings. The molecule has 1 saturated heterocycles. The average Bonchev–Trinajstić information content (AvgIpc) is 3.21. The highest BCUT2D eigenvalue weighted by atomic mass is 32.2. The summed E-state index contributed by atoms with van der Waals surface area (Å²) in [6.07, 6.45) is 2.58. The fraction of sp³-hybridized carbons (Fsp3) is 0.444. The molecule has 1 aromatic carbocycles. The summed E-state index contributed by atoms with van der Waals surface area (Å²) in [5, 5.41) is 10.4. The molecule has 0 radical (unpaired) electrons. The van der Waals surface area contributed by atoms with Crippen molar-refractivity contribution in [2.24, 2.45) is 0 Å². The molecule has 4 rings (SSSR count). The molecular formula is C18H21N5O2S. The number of H-pyrrole nitrogens is 1. The van der Waals surface area contributed by atoms with Crippen LogP contribution in [0.5, 0.6) is 0 Å². The third-order valence-corrected chi connectivity index (χ3v) is 5.50. The van der Waals surface area contributed by atoms with Gasteiger partial charge in [0.05, 0.1) is 5.69 Å². The van der Waals surface area contributed by atoms with Crippen LogP contribution < -0.4 is 5.32 Å². The highest BCUT2D eigenvalue weighted by Gasteiger charge is 2.28. The first-order chi connectivity index (χ1) is 12.6. The van der Waals surface area contributed by atoms with Crippen molar-refractivity contribution in [1.29, 1.82) is 0 Å². The number of nitrogens with one attached hydrogen (secondary N) is 2. The minimum absolute atomic E-state index is 0.0575. The molecule has 136 valence electrons. The minimum atomic E-state index is -0.113. The molecule has 2 N–H and O–H groups in total. The van der Waals surface area contributed by atoms with Gasteiger partial charge in [0, 0.05) is 36.7 Å². The zero-order chi connectivity index (χ0) is 18.1. The van der Waals surface area contributed by atoms with Gasteiger partial charge in [-0.1, -0.05) is 23.4 Å². The average molecular weight is 371 g/mol. The fourth-order valence-corrected chi connectivity index (χ4v) is 3.82. The maximum absolute atomic E-state index is 12.4. The summed E-state index contributed by atoms with van der Waals surface area (Å²) in [6.45, 7) is 3.17. The Morgan fingerprint density at radius 1 is 1.42 bits per heavy atom. The Hall–Kier alpha value is -2.35. The first kappa shape index (κ1) is 17.1. The van der Waals surface area contributed by atoms with Gasteiger partial charge in [0.15, 0.2) is 5.82 Å². The molecular weight excluding hydrogens is 350 g/mol. The van der Waals surface area contributed by atoms with Crippen molar-refractivity contribution in [3.8, 4) is 11.4 Å². The first-order valence-electron chi connectivity index (χ1n) is 8.85. The molecule has 1 aliphatic heterocycles. The van der Waals surface area contributed by atoms with E-state index in [9.17, 15) is 9.59 Å². The van der Waals surface area contributed by atoms with Crippen LogP contribution in [0.4, 0.5) is 10.5 Å². The molecule has 2 amide bonds. The van der Waals surface area contributed by atoms with Gasteiger partial charge in [0.25, 0.3) is 5.24 Å². The number of hydrogen-bond donors (Lipinski definition) is 2. The summed E-state index contributed by atoms with van der Waals surface area (Å²) >= 11 is 1.31. The van der Waals surface area contributed by atoms with Crippen LogP contribution >= 0.6 is 11.8 Å². The lowest BCUT2D eigenvalue weighted by molar-refractivity contribution is -0.116. The third kappa shape index (κ3) is 3.75. The Morgan fingerprint density at radius 2 is 2.27 bits per heavy atom. The number of aryl methyl sites for hydroxylation is 1. The number of hydrogen-bond acceptors (Lipinski definition) is 5. The van der Waals surface area contributed by atoms with Crippen LogP contribution in [0.2, 0.25) is 0 Å². The summed E-state index contributed by atoms with van der Waals surface area (Å²) in [4.78, 5) is 30.3. The molecule has 7 nitrogen and oxygen atoms in total. The van der Waals surface area contributed by atoms with Crippen molar-refractivity contribution in [3.05, 3.63) is 29.6 Å². The van der Waals surface area contributed by atoms with Gasteiger partial charge in [-0.25, -0.2) is 4.98 Å². The topological polar surface area (TPSA) is 91.0 Å². The Balaban J connectivity index is 1.46. The molecule has 1 aromatic heterocycles. The van der Waals surface area contributed by atoms with Gasteiger partial charge in [-0.3, -0.25) is 14.7 Å². The van der Waals surface area contributed by atoms with Crippen molar-refractivity contribution in [3.63, 3.8) is 0 Å². The van der Waals surface area contributed by atoms with Crippen LogP contribution in [0.25, 0.3) is 11.4 Å². The van der Waals surface area contributed by atoms with E-state index in [2.05, 4.69) is 20.5 Å². The summed E-state index contributed by atoms with van der Waals surface area (Å²) < 4.78 is 0. The monoisotopic (exact) mass is 371 g/mol. The van der Waals surface area contributed by atoms with Crippen LogP contribution in [0, 0.1) is 6.92 Å². The predicted molar refractivity (Wildman–Crippen MR) is 101 cm³/mol. The summed E-state index contributed by atoms with van der Waals surface area (Å²) in [5.74, 6) is 2.71. The predicted octanol–water partition coefficient (Wildman–Crippen LogP) is 3.15. The lowest BCUT2D eigenvalue weighted by atomic mass is 10.1. The lowest BCUT2D eigenvalue weighted by Crippen LogP contribution is -2.27. The molecule has 0 spiro atoms. The lowest BCUT2D eigenvalue weighted by Gasteiger charge is -2.15. The maximum atomic E-state index is 12.4. The zero-order valence-electron chi connectivity index (χ0n) is 14.6. The van der Waals surface area contributed by atoms with Crippen LogP contribution in [-0.2, 0) is 4.79 Å². The fourth-order valence-electron chi connectivity index (χ4n) is 2.96. The first-order valence-corrected chi connectivity index (χ1v) is 9.83. The SMILES string of the molecule is Cc1ccc(NC(=O)CCN2CCSC2=O)c(-c2n[nH]c(C3CC3)n2)c1. The van der Waals surface area contributed by atoms with E-state index in [-0.39, 0.29) is 17.6 Å². The number of aromatic amines is 1. The highest BCUT2D eigenvalue weighted by Crippen LogP contribution is 2.39. The number of rotatable bonds is 6. The number of nitrogens with zero attached hydrogens (tertiary/aromatic N) is 3. The minimum Gasteiger partial charge on any atom is -0.332 e. The van der Waals surface area contributed by atoms with E-state index < -0.39 is 0 Å². The number of carbonyl (C=O) groups excluding carboxylic acids is 2. The van der Waals surface area contributed by atoms with E-state index >= 15 is 0 Å². The number of benzene rings is 1. The molecule has 26 heavy (non-hydrogen) atoms. The molecule has 0 atom stereocenters. The van der Waals surface area contributed by atoms with Crippen LogP contribution in [0.3, 0.4) is 0 Å². The van der Waals surface area contributed by atoms with Crippen LogP contribution in [-0.4, -0.2) is 50.1 Å². The van der Waals surface area contributed by atoms with E-state index in [0.717, 1.165) is 35.5 Å². The normalized spacial score (nSPS) is 17.0. The Bertz CT molecular complexity index is 846. The molecule has 1 aliphatic carbocycles. The van der Waals surface area contributed by atoms with E-state index in [0.29, 0.717) is 30.5 Å². The Morgan fingerprint density at radius 3 is 3.00 bits per heavy atom. The number of thioether (sulfide) groups is 1. The van der Waals surface area contributed by atoms with Crippen molar-refractivity contribution >= 4 is 28.6 Å². The van der Waals surface area contributed by atoms with Gasteiger partial charge in [0.2, 0.25) is 5.91 Å². The summed E-state index contributed by atoms with van der Waals surface area (Å²) in [6, 6.07) is 5.82. The molecule has 0 unspecified atom stereocenters. The number of anilines is 1. The highest BCUT2D eigenvalue weighted by molar-refractivity contribution is 8.13. The van der Waals surface area contributed by atoms with Gasteiger partial charge in [-0.15, -0.1) is 0 Å². The summed E-state index contributed by atoms with van der Waals surface area (Å²) in [5.41, 5.74) is 2.59. The van der Waals surface area contributed by atoms with Gasteiger partial charge in [-0.05, 0) is 31.9 Å². The Labute approximate surface area is 155 Å². The molecule has 8 heteroatoms. The number of carbonyl (C=O) groups is 2. The van der Waals surface area contributed by atoms with E-state index in [4.69, 9.17) is 0 Å². The Kier molecular flexibility index (Phi) is 4.67. The smallest absolute Gasteiger partial charge is 0.281 e. The second kappa shape index (κ2) is 7.11. The summed E-state index contributed by atoms with van der Waals surface area (Å²) in [7, 11) is 0. The number of amides is 2. The van der Waals surface area contributed by atoms with Crippen molar-refractivity contribution in [1.82, 2.24) is 20.1 Å². The van der Waals surface area contributed by atoms with Crippen molar-refractivity contribution in [2.45, 2.75) is 32.1 Å². The standard InChI is InChI=1S/C18H21N5O2S/c1-11-2-5-14(19-15(24)6-7-23-8-9-26-18(23)25)13(10-11)17-20-16(21-22-17)12-3-4-12/h2,5,10,12H,3-4,6-9H2,1H3,(H,19,24)(H,20,21,22). The van der Waals surface area contributed by atoms with Crippen molar-refractivity contribution < 1.29 is 9.59 Å². The second-order valence-corrected chi connectivity index (χ2v) is 7.81. The van der Waals surface area contributed by atoms with Crippen LogP contribution in [0.15, 0.2) is 18.2 Å². The second-order valence-electron chi connectivity index (χ2n) is 6.77. The van der Waals surface area contributed by atoms with E-state index in [1.54, 1.807) is 4.90 Å². The van der Waals surface area contributed by atoms with Gasteiger partial charge in [0.1, 0.15) is 5.82 Å². The largest absolute Gasteiger partial charge is 0.332 e. The van der Waals surface area contributed by atoms with Crippen molar-refractivity contribution in [2.75, 3.05) is 24.2 Å². The van der Waals surface area contributed by atoms with Gasteiger partial charge in [-0.2, -0.15) is 5.10 Å². The molecule has 1 saturated carbocycles. The third-order valence-electron chi connectivity index (χ3n) is 4.61. The molecule has 2 aromatic rings. The van der Waals surface area contributed by atoms with E-state index in [1.807, 2.05) is 25.1 Å². The molecule has 0 bridgehead atoms. The number of aromatic nitrogens is 3. The van der Waals surface area contributed by atoms with Gasteiger partial charge < -0.3 is 10.2 Å². The van der Waals surface area contributed by atoms with Crippen LogP contribution in [0.1, 0.15) is 36.6 Å². The van der Waals surface area contributed by atoms with Gasteiger partial charge >= 0.3 is 0 Å². The maximum Gasteiger partial charge on any atom is 0.281 e. The molecule has 2 fully saturated rings.